The first-order valence-electron chi connectivity index (χ1n) is 14.2. The lowest BCUT2D eigenvalue weighted by molar-refractivity contribution is 0.169. The molecule has 0 radical (unpaired) electrons. The highest BCUT2D eigenvalue weighted by Crippen LogP contribution is 2.65. The van der Waals surface area contributed by atoms with Crippen LogP contribution in [0.4, 0.5) is 0 Å². The van der Waals surface area contributed by atoms with E-state index in [1.165, 1.54) is 4.88 Å². The second-order valence-electron chi connectivity index (χ2n) is 10.9. The van der Waals surface area contributed by atoms with Crippen molar-refractivity contribution in [2.45, 2.75) is 39.0 Å². The van der Waals surface area contributed by atoms with Gasteiger partial charge in [0, 0.05) is 10.8 Å². The highest BCUT2D eigenvalue weighted by atomic mass is 32.1. The van der Waals surface area contributed by atoms with Crippen molar-refractivity contribution >= 4 is 45.3 Å². The number of rotatable bonds is 6. The van der Waals surface area contributed by atoms with Crippen LogP contribution in [0.1, 0.15) is 38.5 Å². The van der Waals surface area contributed by atoms with Gasteiger partial charge in [-0.15, -0.1) is 45.3 Å². The van der Waals surface area contributed by atoms with Crippen LogP contribution in [0, 0.1) is 0 Å². The Morgan fingerprint density at radius 3 is 1.45 bits per heavy atom. The van der Waals surface area contributed by atoms with Crippen molar-refractivity contribution in [3.63, 3.8) is 0 Å². The summed E-state index contributed by atoms with van der Waals surface area (Å²) >= 11 is 6.63. The Morgan fingerprint density at radius 2 is 0.929 bits per heavy atom. The highest BCUT2D eigenvalue weighted by molar-refractivity contribution is 7.29. The molecule has 0 bridgehead atoms. The van der Waals surface area contributed by atoms with Gasteiger partial charge in [0.15, 0.2) is 46.0 Å². The third-order valence-corrected chi connectivity index (χ3v) is 12.9. The summed E-state index contributed by atoms with van der Waals surface area (Å²) in [6.45, 7) is 10.9. The molecule has 0 fully saturated rings. The van der Waals surface area contributed by atoms with E-state index in [-0.39, 0.29) is 5.41 Å². The number of hydrogen-bond acceptors (Lipinski definition) is 12. The molecule has 222 valence electrons. The second-order valence-corrected chi connectivity index (χ2v) is 14.9. The van der Waals surface area contributed by atoms with Crippen molar-refractivity contribution in [3.05, 3.63) is 10.3 Å². The zero-order valence-electron chi connectivity index (χ0n) is 23.5. The van der Waals surface area contributed by atoms with Crippen LogP contribution in [0.2, 0.25) is 0 Å². The molecular formula is C30H30O8S4. The van der Waals surface area contributed by atoms with Crippen LogP contribution >= 0.6 is 45.3 Å². The minimum absolute atomic E-state index is 0.0432. The molecule has 4 aromatic heterocycles. The molecule has 0 N–H and O–H groups in total. The summed E-state index contributed by atoms with van der Waals surface area (Å²) in [5.74, 6) is 6.21. The first kappa shape index (κ1) is 26.8. The first-order valence-corrected chi connectivity index (χ1v) is 17.5. The smallest absolute Gasteiger partial charge is 0.181 e. The largest absolute Gasteiger partial charge is 0.485 e. The number of hydrogen-bond donors (Lipinski definition) is 0. The molecule has 4 aliphatic rings. The van der Waals surface area contributed by atoms with Gasteiger partial charge in [-0.2, -0.15) is 0 Å². The Hall–Kier alpha value is -2.80. The standard InChI is InChI=1S/C30H30O8S4/c1-4-5-30(2,3)29-22-21(37-12-13-38-22)28(42-29)27-20-19(35-10-11-36-20)26(41-27)25-18-17(33-8-9-34-18)24(40-25)23-16-15(14-39-23)31-6-7-32-16/h14H,4-13H2,1-3H3. The number of fused-ring (bicyclic) bond motifs is 4. The van der Waals surface area contributed by atoms with Crippen molar-refractivity contribution in [1.29, 1.82) is 0 Å². The maximum absolute atomic E-state index is 6.34. The maximum Gasteiger partial charge on any atom is 0.181 e. The van der Waals surface area contributed by atoms with Crippen LogP contribution in [0.5, 0.6) is 46.0 Å². The lowest BCUT2D eigenvalue weighted by atomic mass is 9.86. The Bertz CT molecular complexity index is 1660. The van der Waals surface area contributed by atoms with Crippen LogP contribution < -0.4 is 37.9 Å². The fourth-order valence-electron chi connectivity index (χ4n) is 5.80. The molecule has 0 atom stereocenters. The molecule has 0 unspecified atom stereocenters. The van der Waals surface area contributed by atoms with E-state index in [0.29, 0.717) is 52.9 Å². The summed E-state index contributed by atoms with van der Waals surface area (Å²) in [5, 5.41) is 2.00. The van der Waals surface area contributed by atoms with Crippen LogP contribution in [0.3, 0.4) is 0 Å². The van der Waals surface area contributed by atoms with Gasteiger partial charge in [-0.1, -0.05) is 27.2 Å². The van der Waals surface area contributed by atoms with Gasteiger partial charge in [-0.05, 0) is 6.42 Å². The SMILES string of the molecule is CCCC(C)(C)c1sc(-c2sc(-c3sc(-c4scc5c4OCCO5)c4c3OCCO4)c3c2OCCO3)c2c1OCCO2. The van der Waals surface area contributed by atoms with Gasteiger partial charge in [0.2, 0.25) is 0 Å². The van der Waals surface area contributed by atoms with Gasteiger partial charge in [0.1, 0.15) is 52.9 Å². The van der Waals surface area contributed by atoms with Gasteiger partial charge in [-0.25, -0.2) is 0 Å². The van der Waals surface area contributed by atoms with Gasteiger partial charge in [0.05, 0.1) is 34.1 Å². The molecule has 8 rings (SSSR count). The lowest BCUT2D eigenvalue weighted by Gasteiger charge is -2.25. The minimum Gasteiger partial charge on any atom is -0.485 e. The highest BCUT2D eigenvalue weighted by Gasteiger charge is 2.39. The average Bonchev–Trinajstić information content (AvgIpc) is 3.78. The molecule has 0 spiro atoms. The quantitative estimate of drug-likeness (QED) is 0.208. The van der Waals surface area contributed by atoms with Crippen molar-refractivity contribution in [2.75, 3.05) is 52.9 Å². The molecular weight excluding hydrogens is 617 g/mol. The molecule has 0 aromatic carbocycles. The van der Waals surface area contributed by atoms with Gasteiger partial charge in [-0.3, -0.25) is 0 Å². The van der Waals surface area contributed by atoms with E-state index in [2.05, 4.69) is 20.8 Å². The van der Waals surface area contributed by atoms with E-state index >= 15 is 0 Å². The van der Waals surface area contributed by atoms with E-state index in [9.17, 15) is 0 Å². The Kier molecular flexibility index (Phi) is 6.65. The van der Waals surface area contributed by atoms with E-state index in [0.717, 1.165) is 88.1 Å². The molecule has 0 saturated heterocycles. The predicted octanol–water partition coefficient (Wildman–Crippen LogP) is 8.10. The van der Waals surface area contributed by atoms with E-state index in [4.69, 9.17) is 37.9 Å². The molecule has 8 nitrogen and oxygen atoms in total. The molecule has 0 saturated carbocycles. The molecule has 8 heterocycles. The van der Waals surface area contributed by atoms with Crippen molar-refractivity contribution in [3.8, 4) is 75.3 Å². The van der Waals surface area contributed by atoms with Crippen molar-refractivity contribution in [1.82, 2.24) is 0 Å². The summed E-state index contributed by atoms with van der Waals surface area (Å²) < 4.78 is 49.6. The molecule has 4 aromatic rings. The predicted molar refractivity (Wildman–Crippen MR) is 166 cm³/mol. The van der Waals surface area contributed by atoms with Crippen LogP contribution in [-0.2, 0) is 5.41 Å². The fraction of sp³-hybridized carbons (Fsp3) is 0.467. The van der Waals surface area contributed by atoms with Crippen LogP contribution in [-0.4, -0.2) is 52.9 Å². The summed E-state index contributed by atoms with van der Waals surface area (Å²) in [4.78, 5) is 7.14. The monoisotopic (exact) mass is 646 g/mol. The molecule has 0 aliphatic carbocycles. The fourth-order valence-corrected chi connectivity index (χ4v) is 10.8. The third-order valence-electron chi connectivity index (χ3n) is 7.61. The minimum atomic E-state index is -0.0432. The van der Waals surface area contributed by atoms with Crippen LogP contribution in [0.15, 0.2) is 5.38 Å². The van der Waals surface area contributed by atoms with E-state index < -0.39 is 0 Å². The maximum atomic E-state index is 6.34. The van der Waals surface area contributed by atoms with Crippen molar-refractivity contribution < 1.29 is 37.9 Å². The number of ether oxygens (including phenoxy) is 8. The first-order chi connectivity index (χ1) is 20.5. The second kappa shape index (κ2) is 10.4. The molecule has 12 heteroatoms. The third kappa shape index (κ3) is 4.16. The zero-order chi connectivity index (χ0) is 28.4. The Balaban J connectivity index is 1.30. The summed E-state index contributed by atoms with van der Waals surface area (Å²) in [7, 11) is 0. The van der Waals surface area contributed by atoms with Gasteiger partial charge < -0.3 is 37.9 Å². The van der Waals surface area contributed by atoms with Crippen LogP contribution in [0.25, 0.3) is 29.3 Å². The topological polar surface area (TPSA) is 73.8 Å². The Labute approximate surface area is 259 Å². The molecule has 42 heavy (non-hydrogen) atoms. The average molecular weight is 647 g/mol. The normalized spacial score (nSPS) is 16.9. The zero-order valence-corrected chi connectivity index (χ0v) is 26.8. The summed E-state index contributed by atoms with van der Waals surface area (Å²) in [6.07, 6.45) is 2.14. The summed E-state index contributed by atoms with van der Waals surface area (Å²) in [5.41, 5.74) is -0.0432. The lowest BCUT2D eigenvalue weighted by Crippen LogP contribution is -2.20. The van der Waals surface area contributed by atoms with E-state index in [1.807, 2.05) is 5.38 Å². The Morgan fingerprint density at radius 1 is 0.524 bits per heavy atom. The van der Waals surface area contributed by atoms with E-state index in [1.54, 1.807) is 45.3 Å². The molecule has 4 aliphatic heterocycles. The van der Waals surface area contributed by atoms with Crippen molar-refractivity contribution in [2.24, 2.45) is 0 Å². The summed E-state index contributed by atoms with van der Waals surface area (Å²) in [6, 6.07) is 0. The van der Waals surface area contributed by atoms with Gasteiger partial charge in [0.25, 0.3) is 0 Å². The molecule has 0 amide bonds. The van der Waals surface area contributed by atoms with Gasteiger partial charge >= 0.3 is 0 Å². The number of thiophene rings is 4.